The van der Waals surface area contributed by atoms with Crippen LogP contribution in [0.3, 0.4) is 0 Å². The van der Waals surface area contributed by atoms with Gasteiger partial charge in [0.25, 0.3) is 0 Å². The van der Waals surface area contributed by atoms with Crippen molar-refractivity contribution in [1.29, 1.82) is 0 Å². The van der Waals surface area contributed by atoms with E-state index < -0.39 is 0 Å². The highest BCUT2D eigenvalue weighted by Gasteiger charge is 2.39. The quantitative estimate of drug-likeness (QED) is 0.134. The molecular formula is C50H72O. The molecule has 51 heavy (non-hydrogen) atoms. The lowest BCUT2D eigenvalue weighted by atomic mass is 9.61. The Bertz CT molecular complexity index is 1550. The average molecular weight is 689 g/mol. The van der Waals surface area contributed by atoms with Crippen LogP contribution >= 0.6 is 0 Å². The van der Waals surface area contributed by atoms with E-state index in [1.165, 1.54) is 45.4 Å². The van der Waals surface area contributed by atoms with Crippen LogP contribution in [0.1, 0.15) is 116 Å². The lowest BCUT2D eigenvalue weighted by Gasteiger charge is -2.43. The van der Waals surface area contributed by atoms with Gasteiger partial charge in [0.15, 0.2) is 0 Å². The Balaban J connectivity index is 1.94. The molecule has 0 aromatic heterocycles. The van der Waals surface area contributed by atoms with Crippen LogP contribution in [0.15, 0.2) is 154 Å². The van der Waals surface area contributed by atoms with Crippen molar-refractivity contribution in [2.24, 2.45) is 34.5 Å². The van der Waals surface area contributed by atoms with Crippen LogP contribution in [0.2, 0.25) is 0 Å². The summed E-state index contributed by atoms with van der Waals surface area (Å²) < 4.78 is 0. The predicted octanol–water partition coefficient (Wildman–Crippen LogP) is 14.5. The van der Waals surface area contributed by atoms with Crippen molar-refractivity contribution in [1.82, 2.24) is 0 Å². The molecule has 0 saturated heterocycles. The zero-order chi connectivity index (χ0) is 38.2. The summed E-state index contributed by atoms with van der Waals surface area (Å²) in [6.07, 6.45) is 44.9. The van der Waals surface area contributed by atoms with Crippen LogP contribution in [0.5, 0.6) is 0 Å². The van der Waals surface area contributed by atoms with Gasteiger partial charge in [-0.2, -0.15) is 0 Å². The molecule has 0 bridgehead atoms. The minimum atomic E-state index is 0.147. The molecular weight excluding hydrogens is 617 g/mol. The van der Waals surface area contributed by atoms with Gasteiger partial charge < -0.3 is 5.11 Å². The van der Waals surface area contributed by atoms with Crippen LogP contribution in [-0.2, 0) is 0 Å². The molecule has 2 aliphatic carbocycles. The molecule has 278 valence electrons. The number of hydrogen-bond donors (Lipinski definition) is 1. The largest absolute Gasteiger partial charge is 0.392 e. The van der Waals surface area contributed by atoms with Gasteiger partial charge in [0, 0.05) is 11.8 Å². The van der Waals surface area contributed by atoms with Gasteiger partial charge in [0.2, 0.25) is 0 Å². The minimum absolute atomic E-state index is 0.147. The maximum absolute atomic E-state index is 9.41. The van der Waals surface area contributed by atoms with Gasteiger partial charge in [0.1, 0.15) is 0 Å². The van der Waals surface area contributed by atoms with Crippen molar-refractivity contribution in [2.45, 2.75) is 116 Å². The highest BCUT2D eigenvalue weighted by atomic mass is 16.3. The summed E-state index contributed by atoms with van der Waals surface area (Å²) >= 11 is 0. The summed E-state index contributed by atoms with van der Waals surface area (Å²) in [5, 5.41) is 9.41. The SMILES string of the molecule is CC(C)=CC[C@H]1CC=C(C)[C@@H](/C=C/C(C)=C/C=C/C(C)=C/C=C/C=C(C)/C=C/C=C(C)/C=C/[C@H]2C(C)=CC[C@H](C/C=C(\C)CO)C2(C)C)C1(C)C. The Hall–Kier alpha value is -3.42. The number of hydrogen-bond acceptors (Lipinski definition) is 1. The summed E-state index contributed by atoms with van der Waals surface area (Å²) in [7, 11) is 0. The van der Waals surface area contributed by atoms with E-state index in [2.05, 4.69) is 192 Å². The third-order valence-corrected chi connectivity index (χ3v) is 11.3. The molecule has 0 aromatic carbocycles. The van der Waals surface area contributed by atoms with Crippen LogP contribution in [0, 0.1) is 34.5 Å². The van der Waals surface area contributed by atoms with Gasteiger partial charge in [-0.1, -0.05) is 182 Å². The van der Waals surface area contributed by atoms with E-state index in [1.807, 2.05) is 6.92 Å². The zero-order valence-corrected chi connectivity index (χ0v) is 34.7. The lowest BCUT2D eigenvalue weighted by Crippen LogP contribution is -2.35. The van der Waals surface area contributed by atoms with Gasteiger partial charge in [0.05, 0.1) is 6.61 Å². The molecule has 0 amide bonds. The fourth-order valence-corrected chi connectivity index (χ4v) is 7.42. The minimum Gasteiger partial charge on any atom is -0.392 e. The Kier molecular flexibility index (Phi) is 18.2. The first kappa shape index (κ1) is 43.7. The highest BCUT2D eigenvalue weighted by Crippen LogP contribution is 2.48. The van der Waals surface area contributed by atoms with Gasteiger partial charge in [-0.05, 0) is 111 Å². The summed E-state index contributed by atoms with van der Waals surface area (Å²) in [5.74, 6) is 2.12. The second kappa shape index (κ2) is 21.2. The third-order valence-electron chi connectivity index (χ3n) is 11.3. The maximum atomic E-state index is 9.41. The van der Waals surface area contributed by atoms with Crippen LogP contribution in [-0.4, -0.2) is 11.7 Å². The van der Waals surface area contributed by atoms with E-state index in [-0.39, 0.29) is 17.4 Å². The lowest BCUT2D eigenvalue weighted by molar-refractivity contribution is 0.154. The maximum Gasteiger partial charge on any atom is 0.0639 e. The second-order valence-corrected chi connectivity index (χ2v) is 16.8. The summed E-state index contributed by atoms with van der Waals surface area (Å²) in [6, 6.07) is 0. The van der Waals surface area contributed by atoms with Crippen molar-refractivity contribution in [3.63, 3.8) is 0 Å². The Morgan fingerprint density at radius 1 is 0.588 bits per heavy atom. The molecule has 1 nitrogen and oxygen atoms in total. The highest BCUT2D eigenvalue weighted by molar-refractivity contribution is 5.33. The summed E-state index contributed by atoms with van der Waals surface area (Å²) in [5.41, 5.74) is 10.8. The molecule has 0 radical (unpaired) electrons. The fraction of sp³-hybridized carbons (Fsp3) is 0.480. The van der Waals surface area contributed by atoms with Crippen molar-refractivity contribution in [3.8, 4) is 0 Å². The van der Waals surface area contributed by atoms with Crippen LogP contribution in [0.4, 0.5) is 0 Å². The van der Waals surface area contributed by atoms with Crippen molar-refractivity contribution in [2.75, 3.05) is 6.61 Å². The molecule has 0 heterocycles. The first-order chi connectivity index (χ1) is 24.0. The van der Waals surface area contributed by atoms with E-state index >= 15 is 0 Å². The fourth-order valence-electron chi connectivity index (χ4n) is 7.42. The van der Waals surface area contributed by atoms with E-state index in [0.29, 0.717) is 23.7 Å². The summed E-state index contributed by atoms with van der Waals surface area (Å²) in [6.45, 7) is 29.5. The van der Waals surface area contributed by atoms with Gasteiger partial charge >= 0.3 is 0 Å². The first-order valence-electron chi connectivity index (χ1n) is 19.3. The zero-order valence-electron chi connectivity index (χ0n) is 34.7. The Labute approximate surface area is 314 Å². The number of allylic oxidation sites excluding steroid dienone is 25. The average Bonchev–Trinajstić information content (AvgIpc) is 3.05. The molecule has 0 aliphatic heterocycles. The normalized spacial score (nSPS) is 25.5. The van der Waals surface area contributed by atoms with E-state index in [4.69, 9.17) is 0 Å². The first-order valence-corrected chi connectivity index (χ1v) is 19.3. The van der Waals surface area contributed by atoms with E-state index in [0.717, 1.165) is 24.8 Å². The molecule has 0 aromatic rings. The van der Waals surface area contributed by atoms with Crippen LogP contribution < -0.4 is 0 Å². The Morgan fingerprint density at radius 3 is 1.35 bits per heavy atom. The Morgan fingerprint density at radius 2 is 0.961 bits per heavy atom. The molecule has 1 heteroatoms. The molecule has 2 aliphatic rings. The van der Waals surface area contributed by atoms with Gasteiger partial charge in [-0.15, -0.1) is 0 Å². The van der Waals surface area contributed by atoms with Crippen molar-refractivity contribution >= 4 is 0 Å². The third kappa shape index (κ3) is 14.6. The van der Waals surface area contributed by atoms with Crippen LogP contribution in [0.25, 0.3) is 0 Å². The van der Waals surface area contributed by atoms with Gasteiger partial charge in [-0.3, -0.25) is 0 Å². The molecule has 0 unspecified atom stereocenters. The topological polar surface area (TPSA) is 20.2 Å². The standard InChI is InChI=1S/C50H72O/c1-37(2)24-30-45-32-28-43(8)47(49(45,10)11)34-26-40(5)22-16-20-38(3)18-14-15-19-39(4)21-17-23-41(6)27-35-48-44(9)29-33-46(50(48,12)13)31-25-42(7)36-51/h14-29,34-35,45-48,51H,30-33,36H2,1-13H3/b15-14+,20-16+,21-17+,34-26+,35-27+,38-18+,39-19+,40-22+,41-23+,42-25+/t45-,46-,47+,48-/m0/s1. The monoisotopic (exact) mass is 689 g/mol. The molecule has 0 spiro atoms. The molecule has 0 saturated carbocycles. The smallest absolute Gasteiger partial charge is 0.0639 e. The van der Waals surface area contributed by atoms with Gasteiger partial charge in [-0.25, -0.2) is 0 Å². The van der Waals surface area contributed by atoms with E-state index in [1.54, 1.807) is 0 Å². The number of rotatable bonds is 15. The number of aliphatic hydroxyl groups excluding tert-OH is 1. The number of aliphatic hydroxyl groups is 1. The second-order valence-electron chi connectivity index (χ2n) is 16.8. The molecule has 1 N–H and O–H groups in total. The molecule has 0 fully saturated rings. The predicted molar refractivity (Wildman–Crippen MR) is 229 cm³/mol. The summed E-state index contributed by atoms with van der Waals surface area (Å²) in [4.78, 5) is 0. The van der Waals surface area contributed by atoms with Crippen molar-refractivity contribution < 1.29 is 5.11 Å². The molecule has 2 rings (SSSR count). The van der Waals surface area contributed by atoms with Crippen molar-refractivity contribution in [3.05, 3.63) is 154 Å². The van der Waals surface area contributed by atoms with E-state index in [9.17, 15) is 5.11 Å². The molecule has 4 atom stereocenters.